The second kappa shape index (κ2) is 12.5. The van der Waals surface area contributed by atoms with Crippen molar-refractivity contribution in [1.29, 1.82) is 0 Å². The topological polar surface area (TPSA) is 0 Å². The van der Waals surface area contributed by atoms with E-state index in [4.69, 9.17) is 11.6 Å². The zero-order chi connectivity index (χ0) is 8.53. The smallest absolute Gasteiger partial charge is 0.0226 e. The van der Waals surface area contributed by atoms with Gasteiger partial charge in [0.15, 0.2) is 0 Å². The van der Waals surface area contributed by atoms with Gasteiger partial charge < -0.3 is 0 Å². The minimum atomic E-state index is 0. The van der Waals surface area contributed by atoms with Crippen molar-refractivity contribution in [3.05, 3.63) is 0 Å². The minimum absolute atomic E-state index is 0. The molecule has 0 aromatic heterocycles. The maximum Gasteiger partial charge on any atom is 0.0226 e. The SMILES string of the molecule is CCCP(CCC)CCCCl.[Au]. The summed E-state index contributed by atoms with van der Waals surface area (Å²) in [5.41, 5.74) is 0. The standard InChI is InChI=1S/C9H20ClP.Au/c1-3-7-11(8-4-2)9-5-6-10;/h3-9H2,1-2H3;. The number of rotatable bonds is 7. The third kappa shape index (κ3) is 9.55. The van der Waals surface area contributed by atoms with Crippen LogP contribution in [0.5, 0.6) is 0 Å². The van der Waals surface area contributed by atoms with Gasteiger partial charge in [-0.2, -0.15) is 0 Å². The fourth-order valence-corrected chi connectivity index (χ4v) is 4.11. The molecular formula is C9H20AuClP. The number of halogens is 1. The van der Waals surface area contributed by atoms with Crippen molar-refractivity contribution in [2.24, 2.45) is 0 Å². The minimum Gasteiger partial charge on any atom is -0.127 e. The molecule has 0 aliphatic carbocycles. The Morgan fingerprint density at radius 1 is 1.00 bits per heavy atom. The molecule has 12 heavy (non-hydrogen) atoms. The van der Waals surface area contributed by atoms with Crippen molar-refractivity contribution in [3.63, 3.8) is 0 Å². The molecule has 0 rings (SSSR count). The zero-order valence-corrected chi connectivity index (χ0v) is 11.9. The van der Waals surface area contributed by atoms with Gasteiger partial charge in [-0.15, -0.1) is 19.5 Å². The number of hydrogen-bond donors (Lipinski definition) is 0. The summed E-state index contributed by atoms with van der Waals surface area (Å²) in [6.45, 7) is 4.57. The van der Waals surface area contributed by atoms with Crippen LogP contribution in [0.25, 0.3) is 0 Å². The first kappa shape index (κ1) is 15.9. The second-order valence-corrected chi connectivity index (χ2v) is 5.95. The van der Waals surface area contributed by atoms with Crippen molar-refractivity contribution in [2.75, 3.05) is 24.4 Å². The molecule has 0 atom stereocenters. The Bertz CT molecular complexity index is 74.9. The third-order valence-corrected chi connectivity index (χ3v) is 5.06. The van der Waals surface area contributed by atoms with Gasteiger partial charge in [-0.3, -0.25) is 0 Å². The van der Waals surface area contributed by atoms with Crippen molar-refractivity contribution in [1.82, 2.24) is 0 Å². The zero-order valence-electron chi connectivity index (χ0n) is 8.08. The van der Waals surface area contributed by atoms with Gasteiger partial charge in [0, 0.05) is 28.3 Å². The fraction of sp³-hybridized carbons (Fsp3) is 1.00. The average Bonchev–Trinajstić information content (AvgIpc) is 2.01. The van der Waals surface area contributed by atoms with E-state index in [1.807, 2.05) is 0 Å². The van der Waals surface area contributed by atoms with Gasteiger partial charge in [0.1, 0.15) is 0 Å². The summed E-state index contributed by atoms with van der Waals surface area (Å²) in [7, 11) is 0.349. The maximum absolute atomic E-state index is 5.66. The van der Waals surface area contributed by atoms with Gasteiger partial charge in [-0.05, 0) is 24.9 Å². The molecule has 0 heterocycles. The summed E-state index contributed by atoms with van der Waals surface area (Å²) in [5.74, 6) is 0.853. The number of hydrogen-bond acceptors (Lipinski definition) is 0. The molecule has 0 fully saturated rings. The van der Waals surface area contributed by atoms with Gasteiger partial charge in [-0.25, -0.2) is 0 Å². The van der Waals surface area contributed by atoms with E-state index in [9.17, 15) is 0 Å². The molecule has 0 aliphatic rings. The molecule has 0 amide bonds. The molecule has 0 bridgehead atoms. The number of alkyl halides is 1. The first-order valence-corrected chi connectivity index (χ1v) is 7.06. The van der Waals surface area contributed by atoms with Crippen LogP contribution in [-0.2, 0) is 22.4 Å². The second-order valence-electron chi connectivity index (χ2n) is 2.88. The van der Waals surface area contributed by atoms with Gasteiger partial charge >= 0.3 is 0 Å². The van der Waals surface area contributed by atoms with Crippen LogP contribution in [0.2, 0.25) is 0 Å². The maximum atomic E-state index is 5.66. The van der Waals surface area contributed by atoms with Crippen molar-refractivity contribution in [3.8, 4) is 0 Å². The van der Waals surface area contributed by atoms with Gasteiger partial charge in [0.05, 0.1) is 0 Å². The quantitative estimate of drug-likeness (QED) is 0.351. The summed E-state index contributed by atoms with van der Waals surface area (Å²) >= 11 is 5.66. The predicted molar refractivity (Wildman–Crippen MR) is 57.4 cm³/mol. The van der Waals surface area contributed by atoms with Crippen molar-refractivity contribution in [2.45, 2.75) is 33.1 Å². The summed E-state index contributed by atoms with van der Waals surface area (Å²) in [6, 6.07) is 0. The largest absolute Gasteiger partial charge is 0.127 e. The van der Waals surface area contributed by atoms with Crippen LogP contribution in [0.1, 0.15) is 33.1 Å². The molecule has 0 aromatic rings. The monoisotopic (exact) mass is 391 g/mol. The Morgan fingerprint density at radius 2 is 1.50 bits per heavy atom. The van der Waals surface area contributed by atoms with E-state index in [1.54, 1.807) is 0 Å². The van der Waals surface area contributed by atoms with Crippen LogP contribution in [0.4, 0.5) is 0 Å². The normalized spacial score (nSPS) is 10.0. The van der Waals surface area contributed by atoms with E-state index >= 15 is 0 Å². The molecule has 0 saturated carbocycles. The molecule has 0 aliphatic heterocycles. The molecule has 0 spiro atoms. The Balaban J connectivity index is 0. The van der Waals surface area contributed by atoms with E-state index in [0.717, 1.165) is 5.88 Å². The molecule has 0 saturated heterocycles. The summed E-state index contributed by atoms with van der Waals surface area (Å²) < 4.78 is 0. The van der Waals surface area contributed by atoms with Crippen LogP contribution < -0.4 is 0 Å². The molecular weight excluding hydrogens is 371 g/mol. The fourth-order valence-electron chi connectivity index (χ4n) is 1.25. The van der Waals surface area contributed by atoms with Gasteiger partial charge in [0.25, 0.3) is 0 Å². The van der Waals surface area contributed by atoms with Gasteiger partial charge in [0.2, 0.25) is 0 Å². The van der Waals surface area contributed by atoms with Crippen LogP contribution in [0.15, 0.2) is 0 Å². The van der Waals surface area contributed by atoms with Gasteiger partial charge in [-0.1, -0.05) is 26.7 Å². The summed E-state index contributed by atoms with van der Waals surface area (Å²) in [4.78, 5) is 0. The third-order valence-electron chi connectivity index (χ3n) is 1.69. The average molecular weight is 392 g/mol. The van der Waals surface area contributed by atoms with E-state index in [0.29, 0.717) is 7.92 Å². The molecule has 0 aromatic carbocycles. The van der Waals surface area contributed by atoms with E-state index in [2.05, 4.69) is 13.8 Å². The molecule has 0 nitrogen and oxygen atoms in total. The Kier molecular flexibility index (Phi) is 16.5. The molecule has 79 valence electrons. The summed E-state index contributed by atoms with van der Waals surface area (Å²) in [5, 5.41) is 0. The molecule has 0 unspecified atom stereocenters. The van der Waals surface area contributed by atoms with Crippen molar-refractivity contribution >= 4 is 19.5 Å². The Morgan fingerprint density at radius 3 is 1.83 bits per heavy atom. The van der Waals surface area contributed by atoms with Crippen LogP contribution in [0.3, 0.4) is 0 Å². The predicted octanol–water partition coefficient (Wildman–Crippen LogP) is 3.91. The van der Waals surface area contributed by atoms with E-state index in [1.165, 1.54) is 37.7 Å². The van der Waals surface area contributed by atoms with E-state index in [-0.39, 0.29) is 22.4 Å². The van der Waals surface area contributed by atoms with Crippen LogP contribution >= 0.6 is 19.5 Å². The first-order valence-electron chi connectivity index (χ1n) is 4.63. The van der Waals surface area contributed by atoms with Crippen LogP contribution in [0, 0.1) is 0 Å². The molecule has 3 heteroatoms. The molecule has 0 N–H and O–H groups in total. The van der Waals surface area contributed by atoms with Crippen molar-refractivity contribution < 1.29 is 22.4 Å². The Labute approximate surface area is 99.1 Å². The first-order chi connectivity index (χ1) is 5.35. The van der Waals surface area contributed by atoms with Crippen LogP contribution in [-0.4, -0.2) is 24.4 Å². The molecule has 1 radical (unpaired) electrons. The van der Waals surface area contributed by atoms with E-state index < -0.39 is 0 Å². The summed E-state index contributed by atoms with van der Waals surface area (Å²) in [6.07, 6.45) is 8.26. The Hall–Kier alpha value is 1.46.